The fourth-order valence-electron chi connectivity index (χ4n) is 4.93. The average Bonchev–Trinajstić information content (AvgIpc) is 3.28. The lowest BCUT2D eigenvalue weighted by Crippen LogP contribution is -2.44. The number of aliphatic imine (C=N–C) groups is 1. The van der Waals surface area contributed by atoms with Crippen LogP contribution in [0.4, 0.5) is 0 Å². The monoisotopic (exact) mass is 435 g/mol. The van der Waals surface area contributed by atoms with Crippen LogP contribution in [0.2, 0.25) is 0 Å². The number of pyridine rings is 1. The fraction of sp³-hybridized carbons (Fsp3) is 0.241. The molecule has 1 aliphatic heterocycles. The van der Waals surface area contributed by atoms with Crippen molar-refractivity contribution in [1.82, 2.24) is 10.3 Å². The van der Waals surface area contributed by atoms with Crippen molar-refractivity contribution in [3.8, 4) is 17.0 Å². The molecule has 2 heterocycles. The molecule has 0 fully saturated rings. The van der Waals surface area contributed by atoms with Crippen LogP contribution in [0.15, 0.2) is 89.9 Å². The van der Waals surface area contributed by atoms with Gasteiger partial charge in [-0.1, -0.05) is 92.7 Å². The van der Waals surface area contributed by atoms with Crippen LogP contribution in [0.5, 0.6) is 5.75 Å². The molecule has 1 N–H and O–H groups in total. The Kier molecular flexibility index (Phi) is 5.59. The molecule has 3 aromatic carbocycles. The zero-order chi connectivity index (χ0) is 22.8. The maximum atomic E-state index is 6.02. The number of rotatable bonds is 6. The van der Waals surface area contributed by atoms with E-state index in [1.165, 1.54) is 5.56 Å². The number of fused-ring (bicyclic) bond motifs is 1. The lowest BCUT2D eigenvalue weighted by Gasteiger charge is -2.32. The van der Waals surface area contributed by atoms with Gasteiger partial charge in [-0.25, -0.2) is 4.98 Å². The number of hydrogen-bond acceptors (Lipinski definition) is 4. The van der Waals surface area contributed by atoms with Crippen molar-refractivity contribution in [2.24, 2.45) is 10.9 Å². The summed E-state index contributed by atoms with van der Waals surface area (Å²) in [4.78, 5) is 10.1. The standard InChI is InChI=1S/C29H29N3O/c1-20(2)18-29(22-14-8-5-9-15-22)19-30-28(32-29)25-23-16-10-11-17-24(23)31-26(27(25)33-3)21-12-6-4-7-13-21/h4-17,20H,18-19H2,1-3H3,(H,30,32). The molecular formula is C29H29N3O. The molecule has 0 aliphatic carbocycles. The highest BCUT2D eigenvalue weighted by Gasteiger charge is 2.39. The average molecular weight is 436 g/mol. The first-order valence-electron chi connectivity index (χ1n) is 11.5. The van der Waals surface area contributed by atoms with Crippen LogP contribution in [0.25, 0.3) is 22.2 Å². The van der Waals surface area contributed by atoms with Gasteiger partial charge in [0.25, 0.3) is 0 Å². The summed E-state index contributed by atoms with van der Waals surface area (Å²) in [6.07, 6.45) is 0.987. The molecule has 33 heavy (non-hydrogen) atoms. The topological polar surface area (TPSA) is 46.5 Å². The number of nitrogens with one attached hydrogen (secondary N) is 1. The second kappa shape index (κ2) is 8.70. The zero-order valence-electron chi connectivity index (χ0n) is 19.4. The molecule has 0 bridgehead atoms. The van der Waals surface area contributed by atoms with E-state index in [2.05, 4.69) is 73.8 Å². The van der Waals surface area contributed by atoms with E-state index < -0.39 is 0 Å². The van der Waals surface area contributed by atoms with Gasteiger partial charge in [-0.15, -0.1) is 0 Å². The van der Waals surface area contributed by atoms with Gasteiger partial charge in [-0.05, 0) is 24.0 Å². The van der Waals surface area contributed by atoms with Crippen LogP contribution >= 0.6 is 0 Å². The predicted molar refractivity (Wildman–Crippen MR) is 136 cm³/mol. The van der Waals surface area contributed by atoms with E-state index in [1.54, 1.807) is 7.11 Å². The van der Waals surface area contributed by atoms with Crippen molar-refractivity contribution in [3.63, 3.8) is 0 Å². The van der Waals surface area contributed by atoms with Crippen LogP contribution in [0.1, 0.15) is 31.4 Å². The van der Waals surface area contributed by atoms with Gasteiger partial charge < -0.3 is 10.1 Å². The molecule has 1 aromatic heterocycles. The van der Waals surface area contributed by atoms with Crippen molar-refractivity contribution in [2.75, 3.05) is 13.7 Å². The lowest BCUT2D eigenvalue weighted by atomic mass is 9.83. The van der Waals surface area contributed by atoms with Crippen LogP contribution in [-0.4, -0.2) is 24.5 Å². The first-order valence-corrected chi connectivity index (χ1v) is 11.5. The van der Waals surface area contributed by atoms with Gasteiger partial charge in [0.05, 0.1) is 30.3 Å². The quantitative estimate of drug-likeness (QED) is 0.392. The van der Waals surface area contributed by atoms with Crippen molar-refractivity contribution in [2.45, 2.75) is 25.8 Å². The Labute approximate surface area is 195 Å². The number of benzene rings is 3. The Hall–Kier alpha value is -3.66. The Balaban J connectivity index is 1.69. The predicted octanol–water partition coefficient (Wildman–Crippen LogP) is 6.20. The number of hydrogen-bond donors (Lipinski definition) is 1. The molecule has 1 aliphatic rings. The summed E-state index contributed by atoms with van der Waals surface area (Å²) < 4.78 is 6.02. The highest BCUT2D eigenvalue weighted by Crippen LogP contribution is 2.40. The Morgan fingerprint density at radius 2 is 1.58 bits per heavy atom. The minimum Gasteiger partial charge on any atom is -0.494 e. The van der Waals surface area contributed by atoms with E-state index in [9.17, 15) is 0 Å². The van der Waals surface area contributed by atoms with Crippen molar-refractivity contribution < 1.29 is 4.74 Å². The molecule has 166 valence electrons. The highest BCUT2D eigenvalue weighted by molar-refractivity contribution is 6.13. The molecule has 0 radical (unpaired) electrons. The molecule has 0 amide bonds. The molecule has 5 rings (SSSR count). The third kappa shape index (κ3) is 3.86. The summed E-state index contributed by atoms with van der Waals surface area (Å²) >= 11 is 0. The van der Waals surface area contributed by atoms with Gasteiger partial charge >= 0.3 is 0 Å². The molecule has 4 aromatic rings. The summed E-state index contributed by atoms with van der Waals surface area (Å²) in [7, 11) is 1.72. The number of para-hydroxylation sites is 1. The van der Waals surface area contributed by atoms with Gasteiger partial charge in [-0.3, -0.25) is 4.99 Å². The molecule has 0 saturated carbocycles. The van der Waals surface area contributed by atoms with Gasteiger partial charge in [-0.2, -0.15) is 0 Å². The second-order valence-electron chi connectivity index (χ2n) is 9.09. The van der Waals surface area contributed by atoms with E-state index in [0.29, 0.717) is 12.5 Å². The van der Waals surface area contributed by atoms with E-state index in [-0.39, 0.29) is 5.54 Å². The van der Waals surface area contributed by atoms with Crippen molar-refractivity contribution in [1.29, 1.82) is 0 Å². The number of amidine groups is 1. The third-order valence-corrected chi connectivity index (χ3v) is 6.28. The summed E-state index contributed by atoms with van der Waals surface area (Å²) in [5, 5.41) is 4.89. The summed E-state index contributed by atoms with van der Waals surface area (Å²) in [6, 6.07) is 29.1. The molecule has 4 heteroatoms. The number of nitrogens with zero attached hydrogens (tertiary/aromatic N) is 2. The summed E-state index contributed by atoms with van der Waals surface area (Å²) in [6.45, 7) is 5.21. The first-order chi connectivity index (χ1) is 16.1. The van der Waals surface area contributed by atoms with Gasteiger partial charge in [0.15, 0.2) is 5.75 Å². The van der Waals surface area contributed by atoms with Gasteiger partial charge in [0, 0.05) is 10.9 Å². The van der Waals surface area contributed by atoms with Gasteiger partial charge in [0.1, 0.15) is 11.5 Å². The number of aromatic nitrogens is 1. The second-order valence-corrected chi connectivity index (χ2v) is 9.09. The fourth-order valence-corrected chi connectivity index (χ4v) is 4.93. The summed E-state index contributed by atoms with van der Waals surface area (Å²) in [5.41, 5.74) is 4.78. The molecule has 0 saturated heterocycles. The summed E-state index contributed by atoms with van der Waals surface area (Å²) in [5.74, 6) is 2.13. The SMILES string of the molecule is COc1c(-c2ccccc2)nc2ccccc2c1C1=NCC(CC(C)C)(c2ccccc2)N1. The van der Waals surface area contributed by atoms with E-state index in [1.807, 2.05) is 30.3 Å². The van der Waals surface area contributed by atoms with Crippen LogP contribution in [-0.2, 0) is 5.54 Å². The highest BCUT2D eigenvalue weighted by atomic mass is 16.5. The zero-order valence-corrected chi connectivity index (χ0v) is 19.4. The first kappa shape index (κ1) is 21.2. The third-order valence-electron chi connectivity index (χ3n) is 6.28. The minimum absolute atomic E-state index is 0.243. The molecular weight excluding hydrogens is 406 g/mol. The van der Waals surface area contributed by atoms with E-state index in [4.69, 9.17) is 14.7 Å². The van der Waals surface area contributed by atoms with Crippen LogP contribution < -0.4 is 10.1 Å². The molecule has 0 spiro atoms. The Morgan fingerprint density at radius 3 is 2.27 bits per heavy atom. The van der Waals surface area contributed by atoms with E-state index in [0.717, 1.165) is 45.7 Å². The maximum absolute atomic E-state index is 6.02. The molecule has 4 nitrogen and oxygen atoms in total. The van der Waals surface area contributed by atoms with Crippen molar-refractivity contribution >= 4 is 16.7 Å². The van der Waals surface area contributed by atoms with E-state index >= 15 is 0 Å². The Bertz CT molecular complexity index is 1300. The molecule has 1 atom stereocenters. The minimum atomic E-state index is -0.243. The maximum Gasteiger partial charge on any atom is 0.156 e. The molecule has 1 unspecified atom stereocenters. The lowest BCUT2D eigenvalue weighted by molar-refractivity contribution is 0.340. The number of ether oxygens (including phenoxy) is 1. The van der Waals surface area contributed by atoms with Crippen LogP contribution in [0, 0.1) is 5.92 Å². The normalized spacial score (nSPS) is 17.8. The smallest absolute Gasteiger partial charge is 0.156 e. The van der Waals surface area contributed by atoms with Gasteiger partial charge in [0.2, 0.25) is 0 Å². The largest absolute Gasteiger partial charge is 0.494 e. The van der Waals surface area contributed by atoms with Crippen LogP contribution in [0.3, 0.4) is 0 Å². The van der Waals surface area contributed by atoms with Crippen molar-refractivity contribution in [3.05, 3.63) is 96.1 Å². The Morgan fingerprint density at radius 1 is 0.909 bits per heavy atom. The number of methoxy groups -OCH3 is 1.